The number of nitrogens with zero attached hydrogens (tertiary/aromatic N) is 4. The number of esters is 1. The number of fused-ring (bicyclic) bond motifs is 1. The first-order chi connectivity index (χ1) is 15.4. The fourth-order valence-corrected chi connectivity index (χ4v) is 4.72. The first kappa shape index (κ1) is 22.5. The predicted molar refractivity (Wildman–Crippen MR) is 117 cm³/mol. The molecule has 2 aliphatic rings. The lowest BCUT2D eigenvalue weighted by Crippen LogP contribution is -2.47. The second-order valence-corrected chi connectivity index (χ2v) is 8.69. The molecule has 1 fully saturated rings. The normalized spacial score (nSPS) is 19.0. The van der Waals surface area contributed by atoms with Gasteiger partial charge in [0.2, 0.25) is 5.91 Å². The number of aromatic nitrogens is 2. The van der Waals surface area contributed by atoms with Gasteiger partial charge in [-0.05, 0) is 62.9 Å². The number of carbonyl (C=O) groups excluding carboxylic acids is 2. The number of rotatable bonds is 6. The topological polar surface area (TPSA) is 67.7 Å². The third-order valence-electron chi connectivity index (χ3n) is 6.42. The van der Waals surface area contributed by atoms with E-state index in [1.54, 1.807) is 12.1 Å². The van der Waals surface area contributed by atoms with Crippen LogP contribution in [-0.4, -0.2) is 64.2 Å². The van der Waals surface area contributed by atoms with Gasteiger partial charge in [0.25, 0.3) is 0 Å². The summed E-state index contributed by atoms with van der Waals surface area (Å²) in [6, 6.07) is 6.44. The Balaban J connectivity index is 1.40. The smallest absolute Gasteiger partial charge is 0.310 e. The van der Waals surface area contributed by atoms with Crippen molar-refractivity contribution in [2.45, 2.75) is 46.2 Å². The molecule has 4 rings (SSSR count). The Labute approximate surface area is 188 Å². The molecule has 1 atom stereocenters. The zero-order valence-electron chi connectivity index (χ0n) is 18.8. The van der Waals surface area contributed by atoms with Gasteiger partial charge in [0, 0.05) is 13.1 Å². The maximum absolute atomic E-state index is 13.2. The van der Waals surface area contributed by atoms with Gasteiger partial charge in [-0.2, -0.15) is 5.10 Å². The van der Waals surface area contributed by atoms with Crippen LogP contribution in [-0.2, 0) is 33.8 Å². The molecular formula is C24H31FN4O3. The summed E-state index contributed by atoms with van der Waals surface area (Å²) in [7, 11) is 0. The maximum Gasteiger partial charge on any atom is 0.310 e. The number of hydrogen-bond acceptors (Lipinski definition) is 5. The Morgan fingerprint density at radius 3 is 2.75 bits per heavy atom. The summed E-state index contributed by atoms with van der Waals surface area (Å²) in [5.74, 6) is -0.490. The highest BCUT2D eigenvalue weighted by Gasteiger charge is 2.31. The summed E-state index contributed by atoms with van der Waals surface area (Å²) in [5.41, 5.74) is 4.21. The van der Waals surface area contributed by atoms with Crippen molar-refractivity contribution < 1.29 is 18.7 Å². The van der Waals surface area contributed by atoms with Gasteiger partial charge in [0.15, 0.2) is 0 Å². The van der Waals surface area contributed by atoms with Crippen molar-refractivity contribution in [3.63, 3.8) is 0 Å². The number of ether oxygens (including phenoxy) is 1. The molecule has 1 aromatic heterocycles. The molecule has 0 spiro atoms. The zero-order valence-corrected chi connectivity index (χ0v) is 18.8. The van der Waals surface area contributed by atoms with Crippen molar-refractivity contribution in [3.8, 4) is 0 Å². The van der Waals surface area contributed by atoms with Gasteiger partial charge in [-0.3, -0.25) is 19.2 Å². The molecule has 1 amide bonds. The third-order valence-corrected chi connectivity index (χ3v) is 6.42. The summed E-state index contributed by atoms with van der Waals surface area (Å²) in [5, 5.41) is 4.69. The highest BCUT2D eigenvalue weighted by Crippen LogP contribution is 2.24. The molecule has 0 radical (unpaired) electrons. The van der Waals surface area contributed by atoms with E-state index >= 15 is 0 Å². The second-order valence-electron chi connectivity index (χ2n) is 8.69. The summed E-state index contributed by atoms with van der Waals surface area (Å²) in [6.45, 7) is 7.65. The number of amides is 1. The Morgan fingerprint density at radius 2 is 2.00 bits per heavy atom. The van der Waals surface area contributed by atoms with E-state index in [0.717, 1.165) is 42.8 Å². The van der Waals surface area contributed by atoms with Gasteiger partial charge in [-0.15, -0.1) is 0 Å². The van der Waals surface area contributed by atoms with Crippen LogP contribution < -0.4 is 0 Å². The fraction of sp³-hybridized carbons (Fsp3) is 0.542. The van der Waals surface area contributed by atoms with Crippen LogP contribution in [0.15, 0.2) is 24.3 Å². The first-order valence-corrected chi connectivity index (χ1v) is 11.4. The molecule has 32 heavy (non-hydrogen) atoms. The van der Waals surface area contributed by atoms with Crippen LogP contribution in [0.3, 0.4) is 0 Å². The minimum Gasteiger partial charge on any atom is -0.466 e. The van der Waals surface area contributed by atoms with Gasteiger partial charge in [0.05, 0.1) is 43.5 Å². The standard InChI is InChI=1S/C24H31FN4O3/c1-3-32-24(31)19-5-4-11-27(14-19)16-23(30)28-12-10-21-17(2)26-29(22(21)15-28)13-18-6-8-20(25)9-7-18/h6-9,19H,3-5,10-16H2,1-2H3. The first-order valence-electron chi connectivity index (χ1n) is 11.4. The van der Waals surface area contributed by atoms with E-state index in [1.807, 2.05) is 23.4 Å². The summed E-state index contributed by atoms with van der Waals surface area (Å²) >= 11 is 0. The van der Waals surface area contributed by atoms with E-state index in [-0.39, 0.29) is 23.6 Å². The van der Waals surface area contributed by atoms with E-state index in [4.69, 9.17) is 4.74 Å². The van der Waals surface area contributed by atoms with Crippen molar-refractivity contribution in [2.75, 3.05) is 32.8 Å². The number of piperidine rings is 1. The average Bonchev–Trinajstić information content (AvgIpc) is 3.10. The molecule has 0 bridgehead atoms. The highest BCUT2D eigenvalue weighted by molar-refractivity contribution is 5.79. The zero-order chi connectivity index (χ0) is 22.7. The van der Waals surface area contributed by atoms with Crippen LogP contribution in [0, 0.1) is 18.7 Å². The fourth-order valence-electron chi connectivity index (χ4n) is 4.72. The number of hydrogen-bond donors (Lipinski definition) is 0. The molecule has 172 valence electrons. The number of aryl methyl sites for hydroxylation is 1. The predicted octanol–water partition coefficient (Wildman–Crippen LogP) is 2.54. The Kier molecular flexibility index (Phi) is 6.89. The SMILES string of the molecule is CCOC(=O)C1CCCN(CC(=O)N2CCc3c(C)nn(Cc4ccc(F)cc4)c3C2)C1. The van der Waals surface area contributed by atoms with Crippen molar-refractivity contribution in [2.24, 2.45) is 5.92 Å². The van der Waals surface area contributed by atoms with Gasteiger partial charge < -0.3 is 9.64 Å². The minimum absolute atomic E-state index is 0.0762. The lowest BCUT2D eigenvalue weighted by Gasteiger charge is -2.34. The third kappa shape index (κ3) is 5.01. The molecule has 1 aromatic carbocycles. The minimum atomic E-state index is -0.257. The molecule has 1 unspecified atom stereocenters. The van der Waals surface area contributed by atoms with E-state index in [1.165, 1.54) is 17.7 Å². The van der Waals surface area contributed by atoms with Crippen molar-refractivity contribution in [3.05, 3.63) is 52.6 Å². The molecule has 3 heterocycles. The Bertz CT molecular complexity index is 972. The second kappa shape index (κ2) is 9.81. The lowest BCUT2D eigenvalue weighted by atomic mass is 9.98. The van der Waals surface area contributed by atoms with Crippen LogP contribution in [0.5, 0.6) is 0 Å². The highest BCUT2D eigenvalue weighted by atomic mass is 19.1. The molecule has 1 saturated heterocycles. The Hall–Kier alpha value is -2.74. The van der Waals surface area contributed by atoms with Crippen LogP contribution in [0.25, 0.3) is 0 Å². The summed E-state index contributed by atoms with van der Waals surface area (Å²) in [4.78, 5) is 29.2. The number of likely N-dealkylation sites (tertiary alicyclic amines) is 1. The molecule has 0 saturated carbocycles. The van der Waals surface area contributed by atoms with Crippen LogP contribution in [0.1, 0.15) is 42.3 Å². The average molecular weight is 443 g/mol. The van der Waals surface area contributed by atoms with Gasteiger partial charge in [0.1, 0.15) is 5.82 Å². The van der Waals surface area contributed by atoms with Gasteiger partial charge >= 0.3 is 5.97 Å². The van der Waals surface area contributed by atoms with E-state index in [9.17, 15) is 14.0 Å². The van der Waals surface area contributed by atoms with Crippen LogP contribution in [0.4, 0.5) is 4.39 Å². The molecule has 2 aliphatic heterocycles. The molecule has 2 aromatic rings. The van der Waals surface area contributed by atoms with E-state index < -0.39 is 0 Å². The van der Waals surface area contributed by atoms with E-state index in [2.05, 4.69) is 10.00 Å². The molecule has 8 heteroatoms. The lowest BCUT2D eigenvalue weighted by molar-refractivity contribution is -0.150. The van der Waals surface area contributed by atoms with E-state index in [0.29, 0.717) is 39.3 Å². The van der Waals surface area contributed by atoms with Crippen molar-refractivity contribution in [1.82, 2.24) is 19.6 Å². The molecule has 7 nitrogen and oxygen atoms in total. The van der Waals surface area contributed by atoms with Crippen LogP contribution >= 0.6 is 0 Å². The number of benzene rings is 1. The maximum atomic E-state index is 13.2. The van der Waals surface area contributed by atoms with Gasteiger partial charge in [-0.25, -0.2) is 4.39 Å². The largest absolute Gasteiger partial charge is 0.466 e. The monoisotopic (exact) mass is 442 g/mol. The summed E-state index contributed by atoms with van der Waals surface area (Å²) in [6.07, 6.45) is 2.49. The van der Waals surface area contributed by atoms with Crippen LogP contribution in [0.2, 0.25) is 0 Å². The number of carbonyl (C=O) groups is 2. The van der Waals surface area contributed by atoms with Crippen molar-refractivity contribution in [1.29, 1.82) is 0 Å². The summed E-state index contributed by atoms with van der Waals surface area (Å²) < 4.78 is 20.4. The molecular weight excluding hydrogens is 411 g/mol. The Morgan fingerprint density at radius 1 is 1.22 bits per heavy atom. The van der Waals surface area contributed by atoms with Gasteiger partial charge in [-0.1, -0.05) is 12.1 Å². The molecule has 0 aliphatic carbocycles. The molecule has 0 N–H and O–H groups in total. The quantitative estimate of drug-likeness (QED) is 0.644. The van der Waals surface area contributed by atoms with Crippen molar-refractivity contribution >= 4 is 11.9 Å². The number of halogens is 1.